The first kappa shape index (κ1) is 15.8. The van der Waals surface area contributed by atoms with Crippen molar-refractivity contribution >= 4 is 11.7 Å². The molecule has 4 nitrogen and oxygen atoms in total. The Morgan fingerprint density at radius 3 is 2.62 bits per heavy atom. The number of anilines is 1. The van der Waals surface area contributed by atoms with Crippen LogP contribution >= 0.6 is 0 Å². The van der Waals surface area contributed by atoms with Gasteiger partial charge in [0.1, 0.15) is 5.82 Å². The first-order valence-corrected chi connectivity index (χ1v) is 7.97. The monoisotopic (exact) mass is 289 g/mol. The number of aromatic nitrogens is 1. The summed E-state index contributed by atoms with van der Waals surface area (Å²) in [7, 11) is 1.83. The average Bonchev–Trinajstić information content (AvgIpc) is 3.24. The Balaban J connectivity index is 2.06. The summed E-state index contributed by atoms with van der Waals surface area (Å²) in [6.07, 6.45) is 4.89. The maximum absolute atomic E-state index is 12.4. The van der Waals surface area contributed by atoms with Crippen LogP contribution in [0.1, 0.15) is 68.4 Å². The lowest BCUT2D eigenvalue weighted by molar-refractivity contribution is 0.0943. The van der Waals surface area contributed by atoms with Crippen molar-refractivity contribution in [1.29, 1.82) is 0 Å². The van der Waals surface area contributed by atoms with Crippen molar-refractivity contribution in [1.82, 2.24) is 10.3 Å². The molecule has 1 aromatic heterocycles. The zero-order valence-electron chi connectivity index (χ0n) is 13.6. The topological polar surface area (TPSA) is 54.0 Å². The van der Waals surface area contributed by atoms with Crippen molar-refractivity contribution in [3.8, 4) is 0 Å². The highest BCUT2D eigenvalue weighted by atomic mass is 16.1. The van der Waals surface area contributed by atoms with E-state index in [0.717, 1.165) is 18.1 Å². The van der Waals surface area contributed by atoms with Gasteiger partial charge in [0.25, 0.3) is 5.91 Å². The van der Waals surface area contributed by atoms with E-state index in [9.17, 15) is 4.79 Å². The number of nitrogens with one attached hydrogen (secondary N) is 2. The van der Waals surface area contributed by atoms with E-state index in [1.807, 2.05) is 19.2 Å². The molecular weight excluding hydrogens is 262 g/mol. The third-order valence-electron chi connectivity index (χ3n) is 4.32. The lowest BCUT2D eigenvalue weighted by atomic mass is 10.0. The van der Waals surface area contributed by atoms with Gasteiger partial charge in [-0.2, -0.15) is 0 Å². The van der Waals surface area contributed by atoms with Crippen LogP contribution in [-0.4, -0.2) is 24.5 Å². The molecule has 4 heteroatoms. The summed E-state index contributed by atoms with van der Waals surface area (Å²) in [5, 5.41) is 6.14. The van der Waals surface area contributed by atoms with E-state index in [0.29, 0.717) is 16.9 Å². The molecule has 0 bridgehead atoms. The number of pyridine rings is 1. The summed E-state index contributed by atoms with van der Waals surface area (Å²) in [5.41, 5.74) is 2.02. The third-order valence-corrected chi connectivity index (χ3v) is 4.32. The quantitative estimate of drug-likeness (QED) is 0.807. The molecule has 1 aliphatic rings. The van der Waals surface area contributed by atoms with Gasteiger partial charge in [0.15, 0.2) is 0 Å². The number of carbonyl (C=O) groups is 1. The zero-order valence-corrected chi connectivity index (χ0v) is 13.6. The number of nitrogens with zero attached hydrogens (tertiary/aromatic N) is 1. The summed E-state index contributed by atoms with van der Waals surface area (Å²) in [6, 6.07) is 3.72. The maximum Gasteiger partial charge on any atom is 0.251 e. The first-order chi connectivity index (χ1) is 9.99. The predicted molar refractivity (Wildman–Crippen MR) is 86.8 cm³/mol. The highest BCUT2D eigenvalue weighted by Gasteiger charge is 2.41. The van der Waals surface area contributed by atoms with Crippen LogP contribution < -0.4 is 10.6 Å². The van der Waals surface area contributed by atoms with Gasteiger partial charge in [-0.3, -0.25) is 4.79 Å². The Bertz CT molecular complexity index is 507. The fraction of sp³-hybridized carbons (Fsp3) is 0.647. The van der Waals surface area contributed by atoms with E-state index in [-0.39, 0.29) is 5.91 Å². The summed E-state index contributed by atoms with van der Waals surface area (Å²) in [5.74, 6) is 1.07. The van der Waals surface area contributed by atoms with E-state index in [2.05, 4.69) is 36.4 Å². The minimum absolute atomic E-state index is 0.0122. The molecule has 1 saturated carbocycles. The zero-order chi connectivity index (χ0) is 15.5. The minimum atomic E-state index is 0.0122. The average molecular weight is 289 g/mol. The van der Waals surface area contributed by atoms with Gasteiger partial charge in [0.2, 0.25) is 0 Å². The normalized spacial score (nSPS) is 15.9. The van der Waals surface area contributed by atoms with E-state index in [4.69, 9.17) is 0 Å². The summed E-state index contributed by atoms with van der Waals surface area (Å²) < 4.78 is 0. The fourth-order valence-corrected chi connectivity index (χ4v) is 2.70. The number of rotatable bonds is 7. The molecule has 1 heterocycles. The lowest BCUT2D eigenvalue weighted by Gasteiger charge is -2.16. The molecule has 0 radical (unpaired) electrons. The molecule has 2 rings (SSSR count). The van der Waals surface area contributed by atoms with Gasteiger partial charge in [0.05, 0.1) is 0 Å². The Labute approximate surface area is 127 Å². The molecule has 2 N–H and O–H groups in total. The van der Waals surface area contributed by atoms with Crippen molar-refractivity contribution in [3.63, 3.8) is 0 Å². The molecule has 116 valence electrons. The van der Waals surface area contributed by atoms with Crippen molar-refractivity contribution in [2.24, 2.45) is 5.41 Å². The van der Waals surface area contributed by atoms with Crippen LogP contribution in [0.5, 0.6) is 0 Å². The Morgan fingerprint density at radius 1 is 1.38 bits per heavy atom. The summed E-state index contributed by atoms with van der Waals surface area (Å²) in [4.78, 5) is 16.9. The standard InChI is InChI=1S/C17H27N3O/c1-5-6-17(7-8-17)11-19-16(21)13-9-14(12(2)3)20-15(10-13)18-4/h9-10,12H,5-8,11H2,1-4H3,(H,18,20)(H,19,21). The van der Waals surface area contributed by atoms with Crippen molar-refractivity contribution in [3.05, 3.63) is 23.4 Å². The molecule has 1 amide bonds. The molecule has 21 heavy (non-hydrogen) atoms. The van der Waals surface area contributed by atoms with Crippen molar-refractivity contribution in [2.45, 2.75) is 52.4 Å². The SMILES string of the molecule is CCCC1(CNC(=O)c2cc(NC)nc(C(C)C)c2)CC1. The van der Waals surface area contributed by atoms with E-state index < -0.39 is 0 Å². The molecule has 0 aromatic carbocycles. The van der Waals surface area contributed by atoms with Gasteiger partial charge < -0.3 is 10.6 Å². The molecular formula is C17H27N3O. The second kappa shape index (κ2) is 6.46. The third kappa shape index (κ3) is 3.96. The number of amides is 1. The van der Waals surface area contributed by atoms with Crippen LogP contribution in [0, 0.1) is 5.41 Å². The van der Waals surface area contributed by atoms with Gasteiger partial charge >= 0.3 is 0 Å². The molecule has 0 aliphatic heterocycles. The molecule has 0 saturated heterocycles. The van der Waals surface area contributed by atoms with Crippen molar-refractivity contribution in [2.75, 3.05) is 18.9 Å². The molecule has 0 unspecified atom stereocenters. The van der Waals surface area contributed by atoms with Gasteiger partial charge in [0, 0.05) is 24.8 Å². The number of hydrogen-bond donors (Lipinski definition) is 2. The molecule has 1 aliphatic carbocycles. The van der Waals surface area contributed by atoms with E-state index in [1.165, 1.54) is 25.7 Å². The Hall–Kier alpha value is -1.58. The molecule has 1 fully saturated rings. The summed E-state index contributed by atoms with van der Waals surface area (Å²) in [6.45, 7) is 7.18. The molecule has 1 aromatic rings. The van der Waals surface area contributed by atoms with Crippen LogP contribution in [0.2, 0.25) is 0 Å². The first-order valence-electron chi connectivity index (χ1n) is 7.97. The second-order valence-electron chi connectivity index (χ2n) is 6.50. The van der Waals surface area contributed by atoms with Gasteiger partial charge in [-0.15, -0.1) is 0 Å². The van der Waals surface area contributed by atoms with Crippen LogP contribution in [-0.2, 0) is 0 Å². The van der Waals surface area contributed by atoms with Crippen LogP contribution in [0.4, 0.5) is 5.82 Å². The molecule has 0 spiro atoms. The van der Waals surface area contributed by atoms with Crippen LogP contribution in [0.15, 0.2) is 12.1 Å². The number of carbonyl (C=O) groups excluding carboxylic acids is 1. The highest BCUT2D eigenvalue weighted by Crippen LogP contribution is 2.48. The van der Waals surface area contributed by atoms with Gasteiger partial charge in [-0.25, -0.2) is 4.98 Å². The van der Waals surface area contributed by atoms with E-state index >= 15 is 0 Å². The second-order valence-corrected chi connectivity index (χ2v) is 6.50. The van der Waals surface area contributed by atoms with Gasteiger partial charge in [-0.05, 0) is 42.7 Å². The van der Waals surface area contributed by atoms with E-state index in [1.54, 1.807) is 0 Å². The maximum atomic E-state index is 12.4. The predicted octanol–water partition coefficient (Wildman–Crippen LogP) is 3.56. The van der Waals surface area contributed by atoms with Crippen molar-refractivity contribution < 1.29 is 4.79 Å². The fourth-order valence-electron chi connectivity index (χ4n) is 2.70. The number of hydrogen-bond acceptors (Lipinski definition) is 3. The lowest BCUT2D eigenvalue weighted by Crippen LogP contribution is -2.30. The smallest absolute Gasteiger partial charge is 0.251 e. The largest absolute Gasteiger partial charge is 0.373 e. The molecule has 0 atom stereocenters. The highest BCUT2D eigenvalue weighted by molar-refractivity contribution is 5.95. The Kier molecular flexibility index (Phi) is 4.86. The van der Waals surface area contributed by atoms with Crippen LogP contribution in [0.25, 0.3) is 0 Å². The van der Waals surface area contributed by atoms with Crippen LogP contribution in [0.3, 0.4) is 0 Å². The summed E-state index contributed by atoms with van der Waals surface area (Å²) >= 11 is 0. The van der Waals surface area contributed by atoms with Gasteiger partial charge in [-0.1, -0.05) is 27.2 Å². The minimum Gasteiger partial charge on any atom is -0.373 e. The Morgan fingerprint density at radius 2 is 2.10 bits per heavy atom.